The van der Waals surface area contributed by atoms with E-state index in [1.807, 2.05) is 47.4 Å². The second kappa shape index (κ2) is 6.12. The monoisotopic (exact) mass is 387 g/mol. The molecule has 0 bridgehead atoms. The molecule has 4 rings (SSSR count). The first-order valence-electron chi connectivity index (χ1n) is 8.53. The number of aromatic nitrogens is 1. The number of pyridine rings is 1. The van der Waals surface area contributed by atoms with Gasteiger partial charge in [0.05, 0.1) is 13.7 Å². The molecule has 2 aromatic rings. The largest absolute Gasteiger partial charge is 0.481 e. The zero-order chi connectivity index (χ0) is 19.2. The predicted octanol–water partition coefficient (Wildman–Crippen LogP) is 0.764. The summed E-state index contributed by atoms with van der Waals surface area (Å²) < 4.78 is 32.6. The third-order valence-electron chi connectivity index (χ3n) is 5.24. The van der Waals surface area contributed by atoms with Gasteiger partial charge in [-0.25, -0.2) is 17.7 Å². The van der Waals surface area contributed by atoms with Crippen LogP contribution in [0.1, 0.15) is 5.56 Å². The van der Waals surface area contributed by atoms with E-state index in [-0.39, 0.29) is 12.5 Å². The lowest BCUT2D eigenvalue weighted by Gasteiger charge is -2.38. The predicted molar refractivity (Wildman–Crippen MR) is 103 cm³/mol. The number of nitrogens with zero attached hydrogens (tertiary/aromatic N) is 4. The fraction of sp³-hybridized carbons (Fsp3) is 0.333. The smallest absolute Gasteiger partial charge is 0.244 e. The lowest BCUT2D eigenvalue weighted by molar-refractivity contribution is 0.398. The van der Waals surface area contributed by atoms with E-state index in [2.05, 4.69) is 9.98 Å². The normalized spacial score (nSPS) is 26.4. The number of hydrogen-bond acceptors (Lipinski definition) is 7. The molecule has 0 radical (unpaired) electrons. The Bertz CT molecular complexity index is 995. The van der Waals surface area contributed by atoms with Crippen LogP contribution in [-0.2, 0) is 15.6 Å². The molecule has 1 aromatic heterocycles. The molecule has 2 aliphatic heterocycles. The summed E-state index contributed by atoms with van der Waals surface area (Å²) in [6.45, 7) is 0.619. The van der Waals surface area contributed by atoms with E-state index in [0.717, 1.165) is 9.87 Å². The van der Waals surface area contributed by atoms with E-state index in [1.54, 1.807) is 13.2 Å². The van der Waals surface area contributed by atoms with Crippen molar-refractivity contribution < 1.29 is 13.2 Å². The molecule has 1 saturated heterocycles. The quantitative estimate of drug-likeness (QED) is 0.835. The van der Waals surface area contributed by atoms with Crippen LogP contribution in [0.15, 0.2) is 53.5 Å². The maximum atomic E-state index is 13.2. The van der Waals surface area contributed by atoms with Crippen molar-refractivity contribution in [1.29, 1.82) is 0 Å². The molecule has 0 aliphatic carbocycles. The topological polar surface area (TPSA) is 101 Å². The second-order valence-corrected chi connectivity index (χ2v) is 8.83. The SMILES string of the molecule is COc1cccc(N2CC3[C@](c4ccccc4)(C2)N=C(N)N(C)S3(=O)=O)n1. The second-order valence-electron chi connectivity index (χ2n) is 6.68. The van der Waals surface area contributed by atoms with E-state index in [0.29, 0.717) is 18.2 Å². The third-order valence-corrected chi connectivity index (χ3v) is 7.45. The zero-order valence-electron chi connectivity index (χ0n) is 15.1. The highest BCUT2D eigenvalue weighted by Gasteiger charge is 2.58. The fourth-order valence-corrected chi connectivity index (χ4v) is 5.60. The number of fused-ring (bicyclic) bond motifs is 1. The molecule has 27 heavy (non-hydrogen) atoms. The first-order valence-corrected chi connectivity index (χ1v) is 10.0. The molecule has 9 heteroatoms. The summed E-state index contributed by atoms with van der Waals surface area (Å²) in [5.41, 5.74) is 5.84. The molecular formula is C18H21N5O3S. The Balaban J connectivity index is 1.87. The lowest BCUT2D eigenvalue weighted by Crippen LogP contribution is -2.56. The van der Waals surface area contributed by atoms with Crippen LogP contribution < -0.4 is 15.4 Å². The number of aliphatic imine (C=N–C) groups is 1. The van der Waals surface area contributed by atoms with Crippen LogP contribution in [0, 0.1) is 0 Å². The Morgan fingerprint density at radius 3 is 2.63 bits per heavy atom. The van der Waals surface area contributed by atoms with Gasteiger partial charge in [0.2, 0.25) is 21.9 Å². The summed E-state index contributed by atoms with van der Waals surface area (Å²) in [7, 11) is -0.687. The molecule has 2 atom stereocenters. The average Bonchev–Trinajstić information content (AvgIpc) is 3.09. The molecule has 1 fully saturated rings. The Hall–Kier alpha value is -2.81. The fourth-order valence-electron chi connectivity index (χ4n) is 3.79. The molecule has 2 N–H and O–H groups in total. The first-order chi connectivity index (χ1) is 12.9. The Kier molecular flexibility index (Phi) is 3.99. The molecule has 142 valence electrons. The Labute approximate surface area is 158 Å². The van der Waals surface area contributed by atoms with Crippen molar-refractivity contribution in [2.45, 2.75) is 10.8 Å². The number of hydrogen-bond donors (Lipinski definition) is 1. The molecule has 8 nitrogen and oxygen atoms in total. The molecule has 1 unspecified atom stereocenters. The number of methoxy groups -OCH3 is 1. The summed E-state index contributed by atoms with van der Waals surface area (Å²) in [5, 5.41) is -0.766. The van der Waals surface area contributed by atoms with Crippen LogP contribution in [0.2, 0.25) is 0 Å². The third kappa shape index (κ3) is 2.61. The van der Waals surface area contributed by atoms with Crippen molar-refractivity contribution in [2.75, 3.05) is 32.1 Å². The molecule has 0 amide bonds. The van der Waals surface area contributed by atoms with Crippen molar-refractivity contribution in [3.05, 3.63) is 54.1 Å². The first kappa shape index (κ1) is 17.6. The summed E-state index contributed by atoms with van der Waals surface area (Å²) in [5.74, 6) is 1.11. The molecule has 1 aromatic carbocycles. The van der Waals surface area contributed by atoms with Gasteiger partial charge in [-0.15, -0.1) is 0 Å². The number of guanidine groups is 1. The highest BCUT2D eigenvalue weighted by Crippen LogP contribution is 2.44. The number of nitrogens with two attached hydrogens (primary N) is 1. The zero-order valence-corrected chi connectivity index (χ0v) is 15.9. The summed E-state index contributed by atoms with van der Waals surface area (Å²) in [6, 6.07) is 14.9. The molecule has 3 heterocycles. The molecule has 0 saturated carbocycles. The van der Waals surface area contributed by atoms with Crippen LogP contribution in [0.4, 0.5) is 5.82 Å². The number of benzene rings is 1. The summed E-state index contributed by atoms with van der Waals surface area (Å²) in [6.07, 6.45) is 0. The maximum absolute atomic E-state index is 13.2. The van der Waals surface area contributed by atoms with Gasteiger partial charge < -0.3 is 15.4 Å². The van der Waals surface area contributed by atoms with Gasteiger partial charge in [0, 0.05) is 19.7 Å². The van der Waals surface area contributed by atoms with Gasteiger partial charge in [-0.2, -0.15) is 4.98 Å². The van der Waals surface area contributed by atoms with E-state index >= 15 is 0 Å². The van der Waals surface area contributed by atoms with Crippen molar-refractivity contribution in [1.82, 2.24) is 9.29 Å². The maximum Gasteiger partial charge on any atom is 0.244 e. The lowest BCUT2D eigenvalue weighted by atomic mass is 9.89. The van der Waals surface area contributed by atoms with Gasteiger partial charge in [0.15, 0.2) is 0 Å². The number of rotatable bonds is 3. The molecule has 0 spiro atoms. The number of ether oxygens (including phenoxy) is 1. The van der Waals surface area contributed by atoms with Crippen LogP contribution in [0.5, 0.6) is 5.88 Å². The van der Waals surface area contributed by atoms with Gasteiger partial charge in [-0.05, 0) is 11.6 Å². The Morgan fingerprint density at radius 2 is 1.93 bits per heavy atom. The van der Waals surface area contributed by atoms with Gasteiger partial charge in [0.1, 0.15) is 16.6 Å². The highest BCUT2D eigenvalue weighted by atomic mass is 32.2. The molecular weight excluding hydrogens is 366 g/mol. The van der Waals surface area contributed by atoms with Crippen LogP contribution in [-0.4, -0.2) is 56.2 Å². The number of sulfonamides is 1. The van der Waals surface area contributed by atoms with Gasteiger partial charge in [0.25, 0.3) is 0 Å². The van der Waals surface area contributed by atoms with Crippen LogP contribution in [0.3, 0.4) is 0 Å². The van der Waals surface area contributed by atoms with E-state index in [1.165, 1.54) is 7.05 Å². The van der Waals surface area contributed by atoms with Crippen LogP contribution >= 0.6 is 0 Å². The Morgan fingerprint density at radius 1 is 1.19 bits per heavy atom. The van der Waals surface area contributed by atoms with E-state index < -0.39 is 20.8 Å². The summed E-state index contributed by atoms with van der Waals surface area (Å²) in [4.78, 5) is 11.1. The summed E-state index contributed by atoms with van der Waals surface area (Å²) >= 11 is 0. The van der Waals surface area contributed by atoms with Gasteiger partial charge in [-0.3, -0.25) is 0 Å². The number of anilines is 1. The van der Waals surface area contributed by atoms with Crippen LogP contribution in [0.25, 0.3) is 0 Å². The standard InChI is InChI=1S/C18H21N5O3S/c1-22-17(19)21-18(13-7-4-3-5-8-13)12-23(11-14(18)27(22,24)25)15-9-6-10-16(20-15)26-2/h3-10,14H,11-12H2,1-2H3,(H2,19,21)/t14?,18-/m1/s1. The van der Waals surface area contributed by atoms with E-state index in [4.69, 9.17) is 10.5 Å². The minimum Gasteiger partial charge on any atom is -0.481 e. The van der Waals surface area contributed by atoms with E-state index in [9.17, 15) is 8.42 Å². The average molecular weight is 387 g/mol. The van der Waals surface area contributed by atoms with Crippen molar-refractivity contribution in [2.24, 2.45) is 10.7 Å². The van der Waals surface area contributed by atoms with Crippen molar-refractivity contribution in [3.63, 3.8) is 0 Å². The highest BCUT2D eigenvalue weighted by molar-refractivity contribution is 7.90. The minimum atomic E-state index is -3.67. The van der Waals surface area contributed by atoms with Gasteiger partial charge >= 0.3 is 0 Å². The van der Waals surface area contributed by atoms with Crippen molar-refractivity contribution >= 4 is 21.8 Å². The minimum absolute atomic E-state index is 0.00412. The van der Waals surface area contributed by atoms with Gasteiger partial charge in [-0.1, -0.05) is 36.4 Å². The molecule has 2 aliphatic rings. The van der Waals surface area contributed by atoms with Crippen molar-refractivity contribution in [3.8, 4) is 5.88 Å².